The number of carbonyl (C=O) groups excluding carboxylic acids is 4. The molecule has 3 rings (SSSR count). The average molecular weight is 326 g/mol. The standard InChI is InChI=1S/C18H18N2O4/c1-3-4-10(2)11-5-6-12-13(9-11)18(24)20(17(12)23)14-7-8-15(21)19-16(14)22/h4-6,9,14H,3,7-8H2,1-2H3,(H,19,21,22)/b10-4+. The van der Waals surface area contributed by atoms with E-state index in [0.717, 1.165) is 22.5 Å². The van der Waals surface area contributed by atoms with Crippen LogP contribution in [0.25, 0.3) is 5.57 Å². The number of hydrogen-bond acceptors (Lipinski definition) is 4. The fourth-order valence-corrected chi connectivity index (χ4v) is 3.14. The summed E-state index contributed by atoms with van der Waals surface area (Å²) in [6, 6.07) is 4.21. The van der Waals surface area contributed by atoms with E-state index in [-0.39, 0.29) is 18.7 Å². The van der Waals surface area contributed by atoms with Crippen molar-refractivity contribution in [1.82, 2.24) is 10.2 Å². The van der Waals surface area contributed by atoms with Crippen molar-refractivity contribution in [1.29, 1.82) is 0 Å². The van der Waals surface area contributed by atoms with Crippen molar-refractivity contribution in [3.05, 3.63) is 41.0 Å². The summed E-state index contributed by atoms with van der Waals surface area (Å²) in [5, 5.41) is 2.19. The van der Waals surface area contributed by atoms with Gasteiger partial charge in [-0.25, -0.2) is 0 Å². The van der Waals surface area contributed by atoms with Crippen molar-refractivity contribution in [2.45, 2.75) is 39.2 Å². The van der Waals surface area contributed by atoms with Crippen LogP contribution in [0.3, 0.4) is 0 Å². The van der Waals surface area contributed by atoms with Crippen molar-refractivity contribution in [3.63, 3.8) is 0 Å². The molecular formula is C18H18N2O4. The van der Waals surface area contributed by atoms with Crippen molar-refractivity contribution in [2.24, 2.45) is 0 Å². The lowest BCUT2D eigenvalue weighted by Gasteiger charge is -2.27. The Morgan fingerprint density at radius 3 is 2.58 bits per heavy atom. The molecule has 6 nitrogen and oxygen atoms in total. The molecular weight excluding hydrogens is 308 g/mol. The molecule has 4 amide bonds. The fraction of sp³-hybridized carbons (Fsp3) is 0.333. The van der Waals surface area contributed by atoms with E-state index in [9.17, 15) is 19.2 Å². The summed E-state index contributed by atoms with van der Waals surface area (Å²) in [4.78, 5) is 49.5. The van der Waals surface area contributed by atoms with Crippen molar-refractivity contribution < 1.29 is 19.2 Å². The summed E-state index contributed by atoms with van der Waals surface area (Å²) < 4.78 is 0. The summed E-state index contributed by atoms with van der Waals surface area (Å²) in [6.45, 7) is 3.97. The number of nitrogens with one attached hydrogen (secondary N) is 1. The molecule has 1 saturated heterocycles. The molecule has 1 fully saturated rings. The van der Waals surface area contributed by atoms with Crippen molar-refractivity contribution in [3.8, 4) is 0 Å². The SMILES string of the molecule is CC/C=C(\C)c1ccc2c(c1)C(=O)N(C1CCC(=O)NC1=O)C2=O. The van der Waals surface area contributed by atoms with Gasteiger partial charge in [0.1, 0.15) is 6.04 Å². The number of amides is 4. The second kappa shape index (κ2) is 6.03. The number of rotatable bonds is 3. The zero-order chi connectivity index (χ0) is 17.4. The van der Waals surface area contributed by atoms with Gasteiger partial charge < -0.3 is 0 Å². The average Bonchev–Trinajstić information content (AvgIpc) is 2.79. The summed E-state index contributed by atoms with van der Waals surface area (Å²) >= 11 is 0. The van der Waals surface area contributed by atoms with Crippen LogP contribution >= 0.6 is 0 Å². The molecule has 0 bridgehead atoms. The van der Waals surface area contributed by atoms with Gasteiger partial charge >= 0.3 is 0 Å². The lowest BCUT2D eigenvalue weighted by molar-refractivity contribution is -0.136. The molecule has 2 aliphatic rings. The predicted molar refractivity (Wildman–Crippen MR) is 87.1 cm³/mol. The normalized spacial score (nSPS) is 21.2. The maximum absolute atomic E-state index is 12.7. The molecule has 1 aromatic carbocycles. The molecule has 6 heteroatoms. The Labute approximate surface area is 139 Å². The van der Waals surface area contributed by atoms with Crippen LogP contribution in [-0.2, 0) is 9.59 Å². The number of carbonyl (C=O) groups is 4. The highest BCUT2D eigenvalue weighted by molar-refractivity contribution is 6.23. The number of benzene rings is 1. The molecule has 124 valence electrons. The van der Waals surface area contributed by atoms with Crippen molar-refractivity contribution in [2.75, 3.05) is 0 Å². The van der Waals surface area contributed by atoms with Crippen LogP contribution in [0, 0.1) is 0 Å². The van der Waals surface area contributed by atoms with E-state index < -0.39 is 23.8 Å². The van der Waals surface area contributed by atoms with E-state index in [1.807, 2.05) is 19.9 Å². The first-order valence-electron chi connectivity index (χ1n) is 7.96. The first-order chi connectivity index (χ1) is 11.4. The lowest BCUT2D eigenvalue weighted by atomic mass is 10.0. The minimum absolute atomic E-state index is 0.118. The Bertz CT molecular complexity index is 794. The van der Waals surface area contributed by atoms with Gasteiger partial charge in [-0.2, -0.15) is 0 Å². The molecule has 24 heavy (non-hydrogen) atoms. The van der Waals surface area contributed by atoms with Crippen LogP contribution in [0.2, 0.25) is 0 Å². The number of piperidine rings is 1. The molecule has 0 radical (unpaired) electrons. The number of hydrogen-bond donors (Lipinski definition) is 1. The number of nitrogens with zero attached hydrogens (tertiary/aromatic N) is 1. The summed E-state index contributed by atoms with van der Waals surface area (Å²) in [5.74, 6) is -1.93. The van der Waals surface area contributed by atoms with Gasteiger partial charge in [0.15, 0.2) is 0 Å². The Balaban J connectivity index is 1.95. The Hall–Kier alpha value is -2.76. The van der Waals surface area contributed by atoms with Gasteiger partial charge in [0, 0.05) is 6.42 Å². The molecule has 0 aromatic heterocycles. The predicted octanol–water partition coefficient (Wildman–Crippen LogP) is 1.90. The van der Waals surface area contributed by atoms with Gasteiger partial charge in [-0.1, -0.05) is 19.1 Å². The van der Waals surface area contributed by atoms with Crippen LogP contribution in [0.4, 0.5) is 0 Å². The van der Waals surface area contributed by atoms with Crippen LogP contribution < -0.4 is 5.32 Å². The van der Waals surface area contributed by atoms with Crippen LogP contribution in [0.1, 0.15) is 59.4 Å². The molecule has 1 N–H and O–H groups in total. The molecule has 0 spiro atoms. The monoisotopic (exact) mass is 326 g/mol. The van der Waals surface area contributed by atoms with Gasteiger partial charge in [-0.15, -0.1) is 0 Å². The van der Waals surface area contributed by atoms with Gasteiger partial charge in [0.05, 0.1) is 11.1 Å². The lowest BCUT2D eigenvalue weighted by Crippen LogP contribution is -2.54. The zero-order valence-corrected chi connectivity index (χ0v) is 13.6. The molecule has 1 unspecified atom stereocenters. The molecule has 0 saturated carbocycles. The minimum atomic E-state index is -0.925. The Morgan fingerprint density at radius 2 is 1.92 bits per heavy atom. The van der Waals surface area contributed by atoms with Gasteiger partial charge in [0.2, 0.25) is 11.8 Å². The van der Waals surface area contributed by atoms with Gasteiger partial charge in [0.25, 0.3) is 11.8 Å². The van der Waals surface area contributed by atoms with Crippen molar-refractivity contribution >= 4 is 29.2 Å². The van der Waals surface area contributed by atoms with E-state index in [2.05, 4.69) is 5.32 Å². The topological polar surface area (TPSA) is 83.6 Å². The van der Waals surface area contributed by atoms with Crippen LogP contribution in [0.15, 0.2) is 24.3 Å². The van der Waals surface area contributed by atoms with E-state index in [0.29, 0.717) is 11.1 Å². The molecule has 1 aromatic rings. The maximum atomic E-state index is 12.7. The quantitative estimate of drug-likeness (QED) is 0.860. The highest BCUT2D eigenvalue weighted by atomic mass is 16.2. The third-order valence-electron chi connectivity index (χ3n) is 4.41. The second-order valence-corrected chi connectivity index (χ2v) is 6.00. The van der Waals surface area contributed by atoms with E-state index in [4.69, 9.17) is 0 Å². The molecule has 2 heterocycles. The maximum Gasteiger partial charge on any atom is 0.262 e. The number of imide groups is 2. The first-order valence-corrected chi connectivity index (χ1v) is 7.96. The highest BCUT2D eigenvalue weighted by Crippen LogP contribution is 2.29. The largest absolute Gasteiger partial charge is 0.295 e. The Morgan fingerprint density at radius 1 is 1.21 bits per heavy atom. The summed E-state index contributed by atoms with van der Waals surface area (Å²) in [6.07, 6.45) is 3.20. The zero-order valence-electron chi connectivity index (χ0n) is 13.6. The summed E-state index contributed by atoms with van der Waals surface area (Å²) in [7, 11) is 0. The first kappa shape index (κ1) is 16.1. The number of allylic oxidation sites excluding steroid dienone is 2. The number of fused-ring (bicyclic) bond motifs is 1. The van der Waals surface area contributed by atoms with Crippen LogP contribution in [0.5, 0.6) is 0 Å². The smallest absolute Gasteiger partial charge is 0.262 e. The minimum Gasteiger partial charge on any atom is -0.295 e. The summed E-state index contributed by atoms with van der Waals surface area (Å²) in [5.41, 5.74) is 2.52. The molecule has 2 aliphatic heterocycles. The Kier molecular flexibility index (Phi) is 4.05. The van der Waals surface area contributed by atoms with Gasteiger partial charge in [-0.05, 0) is 43.0 Å². The van der Waals surface area contributed by atoms with E-state index in [1.54, 1.807) is 18.2 Å². The van der Waals surface area contributed by atoms with E-state index in [1.165, 1.54) is 0 Å². The second-order valence-electron chi connectivity index (χ2n) is 6.00. The molecule has 0 aliphatic carbocycles. The third kappa shape index (κ3) is 2.54. The van der Waals surface area contributed by atoms with Gasteiger partial charge in [-0.3, -0.25) is 29.4 Å². The molecule has 1 atom stereocenters. The third-order valence-corrected chi connectivity index (χ3v) is 4.41. The van der Waals surface area contributed by atoms with E-state index >= 15 is 0 Å². The highest BCUT2D eigenvalue weighted by Gasteiger charge is 2.44. The fourth-order valence-electron chi connectivity index (χ4n) is 3.14. The van der Waals surface area contributed by atoms with Crippen LogP contribution in [-0.4, -0.2) is 34.6 Å².